The summed E-state index contributed by atoms with van der Waals surface area (Å²) in [5.74, 6) is -0.322. The van der Waals surface area contributed by atoms with Crippen molar-refractivity contribution in [2.24, 2.45) is 0 Å². The van der Waals surface area contributed by atoms with Crippen LogP contribution in [0.4, 0.5) is 0 Å². The van der Waals surface area contributed by atoms with Crippen LogP contribution in [0.15, 0.2) is 34.1 Å². The molecule has 0 saturated carbocycles. The van der Waals surface area contributed by atoms with Crippen molar-refractivity contribution in [1.29, 1.82) is 0 Å². The second-order valence-electron chi connectivity index (χ2n) is 5.26. The number of phenols is 2. The molecule has 2 rings (SSSR count). The lowest BCUT2D eigenvalue weighted by Gasteiger charge is -2.13. The van der Waals surface area contributed by atoms with E-state index in [1.165, 1.54) is 12.1 Å². The zero-order chi connectivity index (χ0) is 15.9. The number of aromatic hydroxyl groups is 2. The summed E-state index contributed by atoms with van der Waals surface area (Å²) in [5.41, 5.74) is 2.48. The molecule has 0 spiro atoms. The molecule has 0 radical (unpaired) electrons. The molecular weight excluding hydrogens is 288 g/mol. The van der Waals surface area contributed by atoms with Crippen LogP contribution in [0.25, 0.3) is 0 Å². The van der Waals surface area contributed by atoms with Crippen LogP contribution in [0, 0.1) is 27.7 Å². The molecule has 2 aromatic rings. The summed E-state index contributed by atoms with van der Waals surface area (Å²) >= 11 is 0. The normalized spacial score (nSPS) is 11.6. The molecule has 0 aromatic heterocycles. The van der Waals surface area contributed by atoms with Gasteiger partial charge in [0.25, 0.3) is 0 Å². The Hall–Kier alpha value is -2.01. The predicted molar refractivity (Wildman–Crippen MR) is 80.6 cm³/mol. The minimum Gasteiger partial charge on any atom is -0.508 e. The van der Waals surface area contributed by atoms with E-state index in [4.69, 9.17) is 0 Å². The smallest absolute Gasteiger partial charge is 0.210 e. The second-order valence-corrected chi connectivity index (χ2v) is 7.15. The first-order valence-electron chi connectivity index (χ1n) is 6.50. The molecule has 0 unspecified atom stereocenters. The van der Waals surface area contributed by atoms with Gasteiger partial charge in [-0.3, -0.25) is 0 Å². The third kappa shape index (κ3) is 2.49. The molecule has 0 aliphatic carbocycles. The van der Waals surface area contributed by atoms with Crippen LogP contribution in [-0.4, -0.2) is 18.6 Å². The first-order chi connectivity index (χ1) is 9.66. The van der Waals surface area contributed by atoms with Gasteiger partial charge in [-0.2, -0.15) is 0 Å². The molecule has 112 valence electrons. The Bertz CT molecular complexity index is 813. The third-order valence-electron chi connectivity index (χ3n) is 3.74. The Balaban J connectivity index is 2.75. The fraction of sp³-hybridized carbons (Fsp3) is 0.250. The summed E-state index contributed by atoms with van der Waals surface area (Å²) in [6.07, 6.45) is 0. The van der Waals surface area contributed by atoms with E-state index in [1.807, 2.05) is 0 Å². The van der Waals surface area contributed by atoms with Crippen LogP contribution in [-0.2, 0) is 9.84 Å². The maximum atomic E-state index is 12.7. The number of rotatable bonds is 2. The Morgan fingerprint density at radius 1 is 0.810 bits per heavy atom. The minimum atomic E-state index is -3.89. The van der Waals surface area contributed by atoms with E-state index in [9.17, 15) is 18.6 Å². The standard InChI is InChI=1S/C16H18O4S/c1-9-5-6-14(16(18)12(9)4)21(19,20)15-8-13(17)10(2)7-11(15)3/h5-8,17-18H,1-4H3. The van der Waals surface area contributed by atoms with Crippen LogP contribution >= 0.6 is 0 Å². The molecule has 5 heteroatoms. The van der Waals surface area contributed by atoms with E-state index in [0.29, 0.717) is 16.7 Å². The molecule has 0 aliphatic rings. The van der Waals surface area contributed by atoms with Gasteiger partial charge < -0.3 is 10.2 Å². The number of hydrogen-bond donors (Lipinski definition) is 2. The Morgan fingerprint density at radius 3 is 2.05 bits per heavy atom. The monoisotopic (exact) mass is 306 g/mol. The van der Waals surface area contributed by atoms with Crippen LogP contribution in [0.5, 0.6) is 11.5 Å². The lowest BCUT2D eigenvalue weighted by Crippen LogP contribution is -2.06. The van der Waals surface area contributed by atoms with Gasteiger partial charge in [-0.15, -0.1) is 0 Å². The summed E-state index contributed by atoms with van der Waals surface area (Å²) in [4.78, 5) is -0.138. The van der Waals surface area contributed by atoms with Gasteiger partial charge in [-0.1, -0.05) is 12.1 Å². The number of hydrogen-bond acceptors (Lipinski definition) is 4. The largest absolute Gasteiger partial charge is 0.508 e. The Labute approximate surface area is 124 Å². The van der Waals surface area contributed by atoms with E-state index in [0.717, 1.165) is 5.56 Å². The first kappa shape index (κ1) is 15.4. The van der Waals surface area contributed by atoms with E-state index >= 15 is 0 Å². The van der Waals surface area contributed by atoms with Crippen LogP contribution in [0.1, 0.15) is 22.3 Å². The number of phenolic OH excluding ortho intramolecular Hbond substituents is 2. The molecule has 0 amide bonds. The molecular formula is C16H18O4S. The summed E-state index contributed by atoms with van der Waals surface area (Å²) in [5, 5.41) is 19.9. The van der Waals surface area contributed by atoms with Crippen molar-refractivity contribution >= 4 is 9.84 Å². The average Bonchev–Trinajstić information content (AvgIpc) is 2.39. The van der Waals surface area contributed by atoms with Gasteiger partial charge in [-0.25, -0.2) is 8.42 Å². The van der Waals surface area contributed by atoms with Crippen LogP contribution in [0.3, 0.4) is 0 Å². The quantitative estimate of drug-likeness (QED) is 0.893. The van der Waals surface area contributed by atoms with E-state index in [-0.39, 0.29) is 21.3 Å². The fourth-order valence-electron chi connectivity index (χ4n) is 2.22. The highest BCUT2D eigenvalue weighted by Crippen LogP contribution is 2.35. The van der Waals surface area contributed by atoms with Crippen molar-refractivity contribution < 1.29 is 18.6 Å². The zero-order valence-corrected chi connectivity index (χ0v) is 13.2. The minimum absolute atomic E-state index is 0.00385. The predicted octanol–water partition coefficient (Wildman–Crippen LogP) is 3.16. The maximum absolute atomic E-state index is 12.7. The number of benzene rings is 2. The molecule has 0 fully saturated rings. The second kappa shape index (κ2) is 5.07. The highest BCUT2D eigenvalue weighted by atomic mass is 32.2. The topological polar surface area (TPSA) is 74.6 Å². The lowest BCUT2D eigenvalue weighted by molar-refractivity contribution is 0.453. The fourth-order valence-corrected chi connectivity index (χ4v) is 3.86. The van der Waals surface area contributed by atoms with E-state index in [2.05, 4.69) is 0 Å². The Morgan fingerprint density at radius 2 is 1.43 bits per heavy atom. The van der Waals surface area contributed by atoms with Crippen molar-refractivity contribution in [3.8, 4) is 11.5 Å². The van der Waals surface area contributed by atoms with Crippen LogP contribution < -0.4 is 0 Å². The van der Waals surface area contributed by atoms with Gasteiger partial charge in [0.15, 0.2) is 0 Å². The van der Waals surface area contributed by atoms with Crippen molar-refractivity contribution in [2.45, 2.75) is 37.5 Å². The van der Waals surface area contributed by atoms with Gasteiger partial charge >= 0.3 is 0 Å². The highest BCUT2D eigenvalue weighted by Gasteiger charge is 2.25. The Kier molecular flexibility index (Phi) is 3.72. The molecule has 4 nitrogen and oxygen atoms in total. The van der Waals surface area contributed by atoms with E-state index in [1.54, 1.807) is 39.8 Å². The number of sulfone groups is 1. The first-order valence-corrected chi connectivity index (χ1v) is 7.99. The lowest BCUT2D eigenvalue weighted by atomic mass is 10.1. The van der Waals surface area contributed by atoms with Gasteiger partial charge in [0.1, 0.15) is 16.4 Å². The molecule has 0 aliphatic heterocycles. The molecule has 0 atom stereocenters. The summed E-state index contributed by atoms with van der Waals surface area (Å²) in [6, 6.07) is 5.89. The maximum Gasteiger partial charge on any atom is 0.210 e. The van der Waals surface area contributed by atoms with Crippen molar-refractivity contribution in [1.82, 2.24) is 0 Å². The van der Waals surface area contributed by atoms with Gasteiger partial charge in [-0.05, 0) is 62.1 Å². The number of aryl methyl sites for hydroxylation is 3. The third-order valence-corrected chi connectivity index (χ3v) is 5.66. The molecule has 0 bridgehead atoms. The van der Waals surface area contributed by atoms with Crippen molar-refractivity contribution in [3.63, 3.8) is 0 Å². The van der Waals surface area contributed by atoms with Gasteiger partial charge in [0.05, 0.1) is 4.90 Å². The SMILES string of the molecule is Cc1cc(C)c(S(=O)(=O)c2ccc(C)c(C)c2O)cc1O. The summed E-state index contributed by atoms with van der Waals surface area (Å²) < 4.78 is 25.5. The molecule has 2 aromatic carbocycles. The highest BCUT2D eigenvalue weighted by molar-refractivity contribution is 7.91. The summed E-state index contributed by atoms with van der Waals surface area (Å²) in [6.45, 7) is 6.83. The van der Waals surface area contributed by atoms with E-state index < -0.39 is 9.84 Å². The molecule has 2 N–H and O–H groups in total. The van der Waals surface area contributed by atoms with Gasteiger partial charge in [0, 0.05) is 0 Å². The van der Waals surface area contributed by atoms with Crippen molar-refractivity contribution in [3.05, 3.63) is 46.5 Å². The molecule has 0 heterocycles. The van der Waals surface area contributed by atoms with Crippen LogP contribution in [0.2, 0.25) is 0 Å². The average molecular weight is 306 g/mol. The molecule has 21 heavy (non-hydrogen) atoms. The summed E-state index contributed by atoms with van der Waals surface area (Å²) in [7, 11) is -3.89. The molecule has 0 saturated heterocycles. The van der Waals surface area contributed by atoms with Gasteiger partial charge in [0.2, 0.25) is 9.84 Å². The zero-order valence-electron chi connectivity index (χ0n) is 12.4. The van der Waals surface area contributed by atoms with Crippen molar-refractivity contribution in [2.75, 3.05) is 0 Å².